The lowest BCUT2D eigenvalue weighted by atomic mass is 9.46. The monoisotopic (exact) mass is 464 g/mol. The maximum atomic E-state index is 10.9. The first-order valence-corrected chi connectivity index (χ1v) is 19.7. The first kappa shape index (κ1) is 24.2. The number of aliphatic hydroxyl groups is 1. The Balaban J connectivity index is 1.73. The molecule has 3 nitrogen and oxygen atoms in total. The minimum atomic E-state index is -1.69. The average Bonchev–Trinajstić information content (AvgIpc) is 2.90. The minimum Gasteiger partial charge on any atom is -0.414 e. The molecule has 0 amide bonds. The predicted octanol–water partition coefficient (Wildman–Crippen LogP) is 6.75. The molecule has 0 heterocycles. The van der Waals surface area contributed by atoms with Gasteiger partial charge in [0.15, 0.2) is 16.6 Å². The van der Waals surface area contributed by atoms with Gasteiger partial charge in [0.05, 0.1) is 17.8 Å². The highest BCUT2D eigenvalue weighted by molar-refractivity contribution is 6.70. The topological polar surface area (TPSA) is 38.7 Å². The molecule has 3 saturated carbocycles. The van der Waals surface area contributed by atoms with E-state index in [1.807, 2.05) is 6.92 Å². The van der Waals surface area contributed by atoms with Crippen LogP contribution in [0.25, 0.3) is 0 Å². The van der Waals surface area contributed by atoms with E-state index in [0.717, 1.165) is 19.3 Å². The van der Waals surface area contributed by atoms with Gasteiger partial charge in [-0.15, -0.1) is 0 Å². The molecule has 0 saturated heterocycles. The molecule has 0 aromatic carbocycles. The Hall–Kier alpha value is 0.0538. The summed E-state index contributed by atoms with van der Waals surface area (Å²) in [5.41, 5.74) is 1.44. The highest BCUT2D eigenvalue weighted by atomic mass is 28.4. The van der Waals surface area contributed by atoms with Crippen molar-refractivity contribution in [2.75, 3.05) is 0 Å². The van der Waals surface area contributed by atoms with Gasteiger partial charge < -0.3 is 14.0 Å². The Bertz CT molecular complexity index is 734. The van der Waals surface area contributed by atoms with Gasteiger partial charge in [0.1, 0.15) is 0 Å². The van der Waals surface area contributed by atoms with Crippen molar-refractivity contribution in [3.8, 4) is 0 Å². The molecular formula is C26H48O3Si2. The molecule has 3 fully saturated rings. The van der Waals surface area contributed by atoms with Gasteiger partial charge in [0, 0.05) is 0 Å². The Morgan fingerprint density at radius 1 is 0.839 bits per heavy atom. The molecule has 3 unspecified atom stereocenters. The van der Waals surface area contributed by atoms with Crippen molar-refractivity contribution < 1.29 is 14.0 Å². The molecular weight excluding hydrogens is 416 g/mol. The number of hydrogen-bond donors (Lipinski definition) is 1. The van der Waals surface area contributed by atoms with Crippen molar-refractivity contribution in [1.29, 1.82) is 0 Å². The van der Waals surface area contributed by atoms with Crippen LogP contribution in [0, 0.1) is 28.6 Å². The van der Waals surface area contributed by atoms with Crippen LogP contribution in [0.3, 0.4) is 0 Å². The summed E-state index contributed by atoms with van der Waals surface area (Å²) in [5, 5.41) is 10.9. The summed E-state index contributed by atoms with van der Waals surface area (Å²) in [5.74, 6) is 1.96. The van der Waals surface area contributed by atoms with Crippen molar-refractivity contribution >= 4 is 16.6 Å². The Kier molecular flexibility index (Phi) is 5.87. The third-order valence-corrected chi connectivity index (χ3v) is 11.3. The maximum Gasteiger partial charge on any atom is 0.184 e. The van der Waals surface area contributed by atoms with E-state index in [1.54, 1.807) is 0 Å². The Morgan fingerprint density at radius 3 is 2.10 bits per heavy atom. The summed E-state index contributed by atoms with van der Waals surface area (Å²) in [4.78, 5) is 0. The zero-order chi connectivity index (χ0) is 23.0. The first-order chi connectivity index (χ1) is 14.0. The summed E-state index contributed by atoms with van der Waals surface area (Å²) in [7, 11) is -3.26. The van der Waals surface area contributed by atoms with Gasteiger partial charge in [0.2, 0.25) is 0 Å². The zero-order valence-electron chi connectivity index (χ0n) is 21.7. The standard InChI is InChI=1S/C26H48O3Si2/c1-24(27)14-15-25(2)18(17-24)16-21(28-30(4,5)6)23-19-10-11-22(29-31(7,8)9)26(19,3)13-12-20(23)25/h16,19-23,27H,10-15,17H2,1-9H3/t19-,20+,21?,22?,23-,24?,25-,26-/m0/s1. The molecule has 178 valence electrons. The fraction of sp³-hybridized carbons (Fsp3) is 0.923. The maximum absolute atomic E-state index is 10.9. The lowest BCUT2D eigenvalue weighted by Gasteiger charge is -2.61. The van der Waals surface area contributed by atoms with Crippen LogP contribution in [0.5, 0.6) is 0 Å². The fourth-order valence-electron chi connectivity index (χ4n) is 7.86. The SMILES string of the molecule is CC1(O)CC[C@@]2(C)C(=CC(O[Si](C)(C)C)[C@@H]3[C@H]2CC[C@]2(C)C(O[Si](C)(C)C)CC[C@@H]32)C1. The van der Waals surface area contributed by atoms with Gasteiger partial charge in [-0.2, -0.15) is 0 Å². The summed E-state index contributed by atoms with van der Waals surface area (Å²) in [6.45, 7) is 21.1. The average molecular weight is 465 g/mol. The van der Waals surface area contributed by atoms with Crippen LogP contribution in [0.15, 0.2) is 11.6 Å². The van der Waals surface area contributed by atoms with Crippen molar-refractivity contribution in [3.63, 3.8) is 0 Å². The van der Waals surface area contributed by atoms with Crippen LogP contribution < -0.4 is 0 Å². The van der Waals surface area contributed by atoms with Crippen molar-refractivity contribution in [2.24, 2.45) is 28.6 Å². The molecule has 8 atom stereocenters. The van der Waals surface area contributed by atoms with E-state index in [2.05, 4.69) is 59.2 Å². The van der Waals surface area contributed by atoms with Crippen LogP contribution in [0.2, 0.25) is 39.3 Å². The molecule has 0 aromatic heterocycles. The third-order valence-electron chi connectivity index (χ3n) is 9.28. The predicted molar refractivity (Wildman–Crippen MR) is 134 cm³/mol. The van der Waals surface area contributed by atoms with Gasteiger partial charge in [-0.05, 0) is 120 Å². The lowest BCUT2D eigenvalue weighted by molar-refractivity contribution is -0.106. The first-order valence-electron chi connectivity index (χ1n) is 12.8. The van der Waals surface area contributed by atoms with Gasteiger partial charge in [0.25, 0.3) is 0 Å². The number of hydrogen-bond acceptors (Lipinski definition) is 3. The molecule has 0 aromatic rings. The van der Waals surface area contributed by atoms with E-state index in [-0.39, 0.29) is 16.9 Å². The highest BCUT2D eigenvalue weighted by Gasteiger charge is 2.62. The van der Waals surface area contributed by atoms with Crippen molar-refractivity contribution in [2.45, 2.75) is 123 Å². The van der Waals surface area contributed by atoms with E-state index in [9.17, 15) is 5.11 Å². The summed E-state index contributed by atoms with van der Waals surface area (Å²) >= 11 is 0. The Labute approximate surface area is 193 Å². The summed E-state index contributed by atoms with van der Waals surface area (Å²) in [6, 6.07) is 0. The molecule has 5 heteroatoms. The van der Waals surface area contributed by atoms with Crippen molar-refractivity contribution in [3.05, 3.63) is 11.6 Å². The highest BCUT2D eigenvalue weighted by Crippen LogP contribution is 2.66. The smallest absolute Gasteiger partial charge is 0.184 e. The van der Waals surface area contributed by atoms with Gasteiger partial charge in [-0.1, -0.05) is 25.5 Å². The van der Waals surface area contributed by atoms with Crippen LogP contribution in [-0.2, 0) is 8.85 Å². The van der Waals surface area contributed by atoms with E-state index < -0.39 is 22.2 Å². The Morgan fingerprint density at radius 2 is 1.48 bits per heavy atom. The van der Waals surface area contributed by atoms with E-state index in [1.165, 1.54) is 31.3 Å². The number of rotatable bonds is 4. The molecule has 31 heavy (non-hydrogen) atoms. The zero-order valence-corrected chi connectivity index (χ0v) is 23.7. The van der Waals surface area contributed by atoms with Gasteiger partial charge in [-0.3, -0.25) is 0 Å². The summed E-state index contributed by atoms with van der Waals surface area (Å²) < 4.78 is 13.8. The third kappa shape index (κ3) is 4.43. The van der Waals surface area contributed by atoms with E-state index >= 15 is 0 Å². The molecule has 0 bridgehead atoms. The van der Waals surface area contributed by atoms with E-state index in [0.29, 0.717) is 23.9 Å². The fourth-order valence-corrected chi connectivity index (χ4v) is 10.1. The van der Waals surface area contributed by atoms with Crippen LogP contribution in [-0.4, -0.2) is 39.6 Å². The molecule has 0 aliphatic heterocycles. The van der Waals surface area contributed by atoms with Gasteiger partial charge in [-0.25, -0.2) is 0 Å². The molecule has 4 rings (SSSR count). The van der Waals surface area contributed by atoms with Crippen LogP contribution in [0.4, 0.5) is 0 Å². The summed E-state index contributed by atoms with van der Waals surface area (Å²) in [6.07, 6.45) is 11.1. The molecule has 1 N–H and O–H groups in total. The minimum absolute atomic E-state index is 0.212. The molecule has 0 spiro atoms. The second-order valence-corrected chi connectivity index (χ2v) is 23.0. The van der Waals surface area contributed by atoms with Crippen molar-refractivity contribution in [1.82, 2.24) is 0 Å². The molecule has 0 radical (unpaired) electrons. The normalized spacial score (nSPS) is 47.9. The lowest BCUT2D eigenvalue weighted by Crippen LogP contribution is -2.58. The molecule has 4 aliphatic carbocycles. The molecule has 4 aliphatic rings. The quantitative estimate of drug-likeness (QED) is 0.369. The second kappa shape index (κ2) is 7.53. The van der Waals surface area contributed by atoms with Gasteiger partial charge >= 0.3 is 0 Å². The van der Waals surface area contributed by atoms with Crippen LogP contribution >= 0.6 is 0 Å². The second-order valence-electron chi connectivity index (χ2n) is 14.1. The largest absolute Gasteiger partial charge is 0.414 e. The number of fused-ring (bicyclic) bond motifs is 5. The van der Waals surface area contributed by atoms with Crippen LogP contribution in [0.1, 0.15) is 65.7 Å². The van der Waals surface area contributed by atoms with E-state index in [4.69, 9.17) is 8.85 Å².